The molecule has 2 atom stereocenters. The number of carboxylic acid groups (broad SMARTS) is 1. The van der Waals surface area contributed by atoms with Gasteiger partial charge in [0.1, 0.15) is 0 Å². The molecule has 0 saturated heterocycles. The molecule has 0 amide bonds. The van der Waals surface area contributed by atoms with Gasteiger partial charge < -0.3 is 15.6 Å². The Balaban J connectivity index is 4.00. The maximum Gasteiger partial charge on any atom is 0.310 e. The number of carbonyl (C=O) groups is 2. The van der Waals surface area contributed by atoms with Gasteiger partial charge in [-0.1, -0.05) is 6.92 Å². The summed E-state index contributed by atoms with van der Waals surface area (Å²) < 4.78 is 4.69. The lowest BCUT2D eigenvalue weighted by molar-refractivity contribution is -0.148. The monoisotopic (exact) mass is 189 g/mol. The van der Waals surface area contributed by atoms with E-state index in [1.54, 1.807) is 13.8 Å². The number of aliphatic carboxylic acids is 1. The van der Waals surface area contributed by atoms with Crippen molar-refractivity contribution < 1.29 is 19.4 Å². The molecule has 0 rings (SSSR count). The normalized spacial score (nSPS) is 14.7. The van der Waals surface area contributed by atoms with Crippen molar-refractivity contribution in [3.8, 4) is 0 Å². The topological polar surface area (TPSA) is 89.6 Å². The molecule has 5 nitrogen and oxygen atoms in total. The third kappa shape index (κ3) is 4.47. The number of ether oxygens (including phenoxy) is 1. The Hall–Kier alpha value is -1.10. The van der Waals surface area contributed by atoms with E-state index in [0.717, 1.165) is 0 Å². The summed E-state index contributed by atoms with van der Waals surface area (Å²) in [5.41, 5.74) is 5.47. The summed E-state index contributed by atoms with van der Waals surface area (Å²) in [5, 5.41) is 8.41. The number of carbonyl (C=O) groups excluding carboxylic acids is 1. The van der Waals surface area contributed by atoms with Gasteiger partial charge in [-0.25, -0.2) is 0 Å². The Morgan fingerprint density at radius 1 is 1.54 bits per heavy atom. The summed E-state index contributed by atoms with van der Waals surface area (Å²) in [6.45, 7) is 3.53. The van der Waals surface area contributed by atoms with E-state index in [0.29, 0.717) is 0 Å². The minimum atomic E-state index is -1.01. The smallest absolute Gasteiger partial charge is 0.310 e. The molecular formula is C8H15NO4. The van der Waals surface area contributed by atoms with Gasteiger partial charge in [-0.2, -0.15) is 0 Å². The molecule has 0 radical (unpaired) electrons. The molecule has 2 unspecified atom stereocenters. The van der Waals surface area contributed by atoms with Gasteiger partial charge >= 0.3 is 11.9 Å². The Morgan fingerprint density at radius 2 is 2.08 bits per heavy atom. The Bertz CT molecular complexity index is 193. The highest BCUT2D eigenvalue weighted by Gasteiger charge is 2.23. The number of hydrogen-bond acceptors (Lipinski definition) is 4. The van der Waals surface area contributed by atoms with Gasteiger partial charge in [-0.3, -0.25) is 9.59 Å². The molecule has 0 heterocycles. The SMILES string of the molecule is CCOC(=O)C(C)C(N)CC(=O)O. The second kappa shape index (κ2) is 5.53. The van der Waals surface area contributed by atoms with Crippen LogP contribution in [0.2, 0.25) is 0 Å². The lowest BCUT2D eigenvalue weighted by Gasteiger charge is -2.15. The minimum Gasteiger partial charge on any atom is -0.481 e. The van der Waals surface area contributed by atoms with Crippen molar-refractivity contribution in [1.82, 2.24) is 0 Å². The third-order valence-electron chi connectivity index (χ3n) is 1.71. The lowest BCUT2D eigenvalue weighted by atomic mass is 10.0. The standard InChI is InChI=1S/C8H15NO4/c1-3-13-8(12)5(2)6(9)4-7(10)11/h5-6H,3-4,9H2,1-2H3,(H,10,11). The van der Waals surface area contributed by atoms with Gasteiger partial charge in [-0.05, 0) is 6.92 Å². The zero-order chi connectivity index (χ0) is 10.4. The fraction of sp³-hybridized carbons (Fsp3) is 0.750. The van der Waals surface area contributed by atoms with E-state index >= 15 is 0 Å². The molecule has 76 valence electrons. The van der Waals surface area contributed by atoms with Crippen LogP contribution >= 0.6 is 0 Å². The molecule has 0 fully saturated rings. The highest BCUT2D eigenvalue weighted by molar-refractivity contribution is 5.75. The number of carboxylic acids is 1. The van der Waals surface area contributed by atoms with Gasteiger partial charge in [0.25, 0.3) is 0 Å². The predicted octanol–water partition coefficient (Wildman–Crippen LogP) is -0.0124. The number of hydrogen-bond donors (Lipinski definition) is 2. The first-order chi connectivity index (χ1) is 5.99. The quantitative estimate of drug-likeness (QED) is 0.593. The van der Waals surface area contributed by atoms with Crippen molar-refractivity contribution in [1.29, 1.82) is 0 Å². The fourth-order valence-corrected chi connectivity index (χ4v) is 0.827. The summed E-state index contributed by atoms with van der Waals surface area (Å²) in [4.78, 5) is 21.3. The largest absolute Gasteiger partial charge is 0.481 e. The molecule has 0 aliphatic heterocycles. The molecule has 0 aromatic heterocycles. The van der Waals surface area contributed by atoms with Crippen LogP contribution < -0.4 is 5.73 Å². The average Bonchev–Trinajstić information content (AvgIpc) is 2.02. The van der Waals surface area contributed by atoms with E-state index < -0.39 is 23.9 Å². The Kier molecular flexibility index (Phi) is 5.06. The highest BCUT2D eigenvalue weighted by Crippen LogP contribution is 2.06. The van der Waals surface area contributed by atoms with Crippen LogP contribution in [0.5, 0.6) is 0 Å². The number of esters is 1. The first-order valence-corrected chi connectivity index (χ1v) is 4.13. The Morgan fingerprint density at radius 3 is 2.46 bits per heavy atom. The minimum absolute atomic E-state index is 0.222. The van der Waals surface area contributed by atoms with E-state index in [-0.39, 0.29) is 13.0 Å². The summed E-state index contributed by atoms with van der Waals surface area (Å²) in [5.74, 6) is -2.03. The van der Waals surface area contributed by atoms with Gasteiger partial charge in [0.2, 0.25) is 0 Å². The predicted molar refractivity (Wildman–Crippen MR) is 46.0 cm³/mol. The van der Waals surface area contributed by atoms with Crippen molar-refractivity contribution in [2.45, 2.75) is 26.3 Å². The van der Waals surface area contributed by atoms with Crippen molar-refractivity contribution in [2.75, 3.05) is 6.61 Å². The van der Waals surface area contributed by atoms with E-state index in [1.165, 1.54) is 0 Å². The van der Waals surface area contributed by atoms with Crippen LogP contribution in [-0.4, -0.2) is 29.7 Å². The van der Waals surface area contributed by atoms with Crippen LogP contribution in [0.15, 0.2) is 0 Å². The summed E-state index contributed by atoms with van der Waals surface area (Å²) in [7, 11) is 0. The van der Waals surface area contributed by atoms with E-state index in [1.807, 2.05) is 0 Å². The molecule has 0 aromatic rings. The van der Waals surface area contributed by atoms with Crippen molar-refractivity contribution >= 4 is 11.9 Å². The van der Waals surface area contributed by atoms with Crippen LogP contribution in [0.1, 0.15) is 20.3 Å². The summed E-state index contributed by atoms with van der Waals surface area (Å²) in [6.07, 6.45) is -0.222. The van der Waals surface area contributed by atoms with Crippen LogP contribution in [0.4, 0.5) is 0 Å². The molecule has 0 aliphatic carbocycles. The first kappa shape index (κ1) is 11.9. The van der Waals surface area contributed by atoms with E-state index in [2.05, 4.69) is 0 Å². The number of rotatable bonds is 5. The maximum absolute atomic E-state index is 11.1. The zero-order valence-electron chi connectivity index (χ0n) is 7.82. The summed E-state index contributed by atoms with van der Waals surface area (Å²) >= 11 is 0. The van der Waals surface area contributed by atoms with Crippen LogP contribution in [0, 0.1) is 5.92 Å². The van der Waals surface area contributed by atoms with E-state index in [4.69, 9.17) is 15.6 Å². The van der Waals surface area contributed by atoms with Gasteiger partial charge in [0.05, 0.1) is 18.9 Å². The third-order valence-corrected chi connectivity index (χ3v) is 1.71. The zero-order valence-corrected chi connectivity index (χ0v) is 7.82. The first-order valence-electron chi connectivity index (χ1n) is 4.13. The molecule has 0 saturated carbocycles. The molecule has 0 bridgehead atoms. The van der Waals surface area contributed by atoms with Crippen LogP contribution in [-0.2, 0) is 14.3 Å². The number of nitrogens with two attached hydrogens (primary N) is 1. The summed E-state index contributed by atoms with van der Waals surface area (Å²) in [6, 6.07) is -0.684. The molecule has 0 aliphatic rings. The molecule has 3 N–H and O–H groups in total. The van der Waals surface area contributed by atoms with Gasteiger partial charge in [-0.15, -0.1) is 0 Å². The van der Waals surface area contributed by atoms with Crippen LogP contribution in [0.25, 0.3) is 0 Å². The van der Waals surface area contributed by atoms with Gasteiger partial charge in [0, 0.05) is 6.04 Å². The Labute approximate surface area is 76.9 Å². The maximum atomic E-state index is 11.1. The van der Waals surface area contributed by atoms with Gasteiger partial charge in [0.15, 0.2) is 0 Å². The fourth-order valence-electron chi connectivity index (χ4n) is 0.827. The molecular weight excluding hydrogens is 174 g/mol. The molecule has 13 heavy (non-hydrogen) atoms. The second-order valence-corrected chi connectivity index (χ2v) is 2.80. The average molecular weight is 189 g/mol. The highest BCUT2D eigenvalue weighted by atomic mass is 16.5. The van der Waals surface area contributed by atoms with Crippen molar-refractivity contribution in [3.05, 3.63) is 0 Å². The molecule has 0 aromatic carbocycles. The molecule has 5 heteroatoms. The van der Waals surface area contributed by atoms with E-state index in [9.17, 15) is 9.59 Å². The van der Waals surface area contributed by atoms with Crippen molar-refractivity contribution in [2.24, 2.45) is 11.7 Å². The van der Waals surface area contributed by atoms with Crippen molar-refractivity contribution in [3.63, 3.8) is 0 Å². The molecule has 0 spiro atoms. The lowest BCUT2D eigenvalue weighted by Crippen LogP contribution is -2.36. The van der Waals surface area contributed by atoms with Crippen LogP contribution in [0.3, 0.4) is 0 Å². The second-order valence-electron chi connectivity index (χ2n) is 2.80.